The first-order valence-corrected chi connectivity index (χ1v) is 6.60. The lowest BCUT2D eigenvalue weighted by molar-refractivity contribution is 0.278. The summed E-state index contributed by atoms with van der Waals surface area (Å²) in [6.07, 6.45) is 5.43. The van der Waals surface area contributed by atoms with Gasteiger partial charge in [0.2, 0.25) is 0 Å². The van der Waals surface area contributed by atoms with Crippen molar-refractivity contribution >= 4 is 0 Å². The molecule has 0 aliphatic heterocycles. The van der Waals surface area contributed by atoms with E-state index >= 15 is 0 Å². The van der Waals surface area contributed by atoms with E-state index in [4.69, 9.17) is 0 Å². The smallest absolute Gasteiger partial charge is 0.141 e. The number of rotatable bonds is 6. The van der Waals surface area contributed by atoms with Crippen LogP contribution >= 0.6 is 0 Å². The van der Waals surface area contributed by atoms with E-state index in [2.05, 4.69) is 17.2 Å². The molecular weight excluding hydrogens is 228 g/mol. The highest BCUT2D eigenvalue weighted by Gasteiger charge is 2.39. The van der Waals surface area contributed by atoms with E-state index in [0.717, 1.165) is 12.1 Å². The zero-order chi connectivity index (χ0) is 13.2. The maximum absolute atomic E-state index is 10.00. The fraction of sp³-hybridized carbons (Fsp3) is 0.643. The Balaban J connectivity index is 2.02. The summed E-state index contributed by atoms with van der Waals surface area (Å²) in [4.78, 5) is 4.06. The molecular formula is C14H22N2O2. The summed E-state index contributed by atoms with van der Waals surface area (Å²) < 4.78 is 0. The maximum atomic E-state index is 10.00. The minimum atomic E-state index is -0.0865. The van der Waals surface area contributed by atoms with Crippen LogP contribution in [0.5, 0.6) is 5.75 Å². The standard InChI is InChI=1S/C14H22N2O2/c1-3-14(4-5-14)9-15-7-12-11(8-17)6-16-10(2)13(12)18/h6,15,17-18H,3-5,7-9H2,1-2H3. The van der Waals surface area contributed by atoms with Crippen LogP contribution in [-0.4, -0.2) is 21.7 Å². The van der Waals surface area contributed by atoms with Crippen molar-refractivity contribution < 1.29 is 10.2 Å². The normalized spacial score (nSPS) is 16.8. The molecule has 100 valence electrons. The molecule has 0 bridgehead atoms. The van der Waals surface area contributed by atoms with E-state index in [-0.39, 0.29) is 12.4 Å². The summed E-state index contributed by atoms with van der Waals surface area (Å²) in [5, 5.41) is 22.7. The fourth-order valence-electron chi connectivity index (χ4n) is 2.30. The Bertz CT molecular complexity index is 428. The van der Waals surface area contributed by atoms with Crippen LogP contribution in [0.25, 0.3) is 0 Å². The summed E-state index contributed by atoms with van der Waals surface area (Å²) in [5.41, 5.74) is 2.57. The summed E-state index contributed by atoms with van der Waals surface area (Å²) in [5.74, 6) is 0.204. The minimum absolute atomic E-state index is 0.0865. The van der Waals surface area contributed by atoms with Crippen molar-refractivity contribution in [3.05, 3.63) is 23.0 Å². The van der Waals surface area contributed by atoms with Gasteiger partial charge >= 0.3 is 0 Å². The highest BCUT2D eigenvalue weighted by atomic mass is 16.3. The molecule has 18 heavy (non-hydrogen) atoms. The van der Waals surface area contributed by atoms with Crippen molar-refractivity contribution in [1.29, 1.82) is 0 Å². The van der Waals surface area contributed by atoms with Crippen LogP contribution in [0.15, 0.2) is 6.20 Å². The molecule has 4 nitrogen and oxygen atoms in total. The molecule has 1 heterocycles. The molecule has 1 aliphatic rings. The number of aromatic nitrogens is 1. The summed E-state index contributed by atoms with van der Waals surface area (Å²) in [7, 11) is 0. The number of aromatic hydroxyl groups is 1. The van der Waals surface area contributed by atoms with Gasteiger partial charge in [-0.05, 0) is 31.6 Å². The van der Waals surface area contributed by atoms with E-state index in [0.29, 0.717) is 23.2 Å². The molecule has 0 atom stereocenters. The zero-order valence-corrected chi connectivity index (χ0v) is 11.2. The Hall–Kier alpha value is -1.13. The van der Waals surface area contributed by atoms with Crippen molar-refractivity contribution in [3.63, 3.8) is 0 Å². The number of pyridine rings is 1. The molecule has 4 heteroatoms. The number of nitrogens with one attached hydrogen (secondary N) is 1. The minimum Gasteiger partial charge on any atom is -0.506 e. The first-order chi connectivity index (χ1) is 8.62. The third kappa shape index (κ3) is 2.65. The van der Waals surface area contributed by atoms with Crippen molar-refractivity contribution in [1.82, 2.24) is 10.3 Å². The van der Waals surface area contributed by atoms with Gasteiger partial charge in [-0.25, -0.2) is 0 Å². The second kappa shape index (κ2) is 5.24. The third-order valence-electron chi connectivity index (χ3n) is 4.11. The number of hydrogen-bond donors (Lipinski definition) is 3. The van der Waals surface area contributed by atoms with Crippen molar-refractivity contribution in [2.24, 2.45) is 5.41 Å². The molecule has 2 rings (SSSR count). The number of aryl methyl sites for hydroxylation is 1. The second-order valence-corrected chi connectivity index (χ2v) is 5.31. The van der Waals surface area contributed by atoms with E-state index in [1.807, 2.05) is 0 Å². The van der Waals surface area contributed by atoms with Gasteiger partial charge in [0.25, 0.3) is 0 Å². The van der Waals surface area contributed by atoms with Crippen LogP contribution < -0.4 is 5.32 Å². The number of nitrogens with zero attached hydrogens (tertiary/aromatic N) is 1. The van der Waals surface area contributed by atoms with Crippen LogP contribution in [-0.2, 0) is 13.2 Å². The third-order valence-corrected chi connectivity index (χ3v) is 4.11. The van der Waals surface area contributed by atoms with Gasteiger partial charge in [0.1, 0.15) is 5.75 Å². The van der Waals surface area contributed by atoms with Gasteiger partial charge in [-0.2, -0.15) is 0 Å². The molecule has 3 N–H and O–H groups in total. The van der Waals surface area contributed by atoms with E-state index in [9.17, 15) is 10.2 Å². The average molecular weight is 250 g/mol. The van der Waals surface area contributed by atoms with E-state index < -0.39 is 0 Å². The molecule has 1 aromatic rings. The van der Waals surface area contributed by atoms with Gasteiger partial charge in [0.05, 0.1) is 12.3 Å². The second-order valence-electron chi connectivity index (χ2n) is 5.31. The average Bonchev–Trinajstić information content (AvgIpc) is 3.15. The zero-order valence-electron chi connectivity index (χ0n) is 11.2. The number of aliphatic hydroxyl groups is 1. The maximum Gasteiger partial charge on any atom is 0.141 e. The molecule has 1 aromatic heterocycles. The quantitative estimate of drug-likeness (QED) is 0.721. The molecule has 0 saturated heterocycles. The van der Waals surface area contributed by atoms with Gasteiger partial charge in [0.15, 0.2) is 0 Å². The first-order valence-electron chi connectivity index (χ1n) is 6.60. The van der Waals surface area contributed by atoms with E-state index in [1.54, 1.807) is 13.1 Å². The monoisotopic (exact) mass is 250 g/mol. The molecule has 1 aliphatic carbocycles. The lowest BCUT2D eigenvalue weighted by Crippen LogP contribution is -2.24. The predicted molar refractivity (Wildman–Crippen MR) is 70.2 cm³/mol. The number of hydrogen-bond acceptors (Lipinski definition) is 4. The summed E-state index contributed by atoms with van der Waals surface area (Å²) >= 11 is 0. The van der Waals surface area contributed by atoms with Crippen LogP contribution in [0.1, 0.15) is 43.0 Å². The largest absolute Gasteiger partial charge is 0.506 e. The van der Waals surface area contributed by atoms with Crippen LogP contribution in [0, 0.1) is 12.3 Å². The van der Waals surface area contributed by atoms with Crippen molar-refractivity contribution in [2.45, 2.75) is 46.3 Å². The molecule has 0 spiro atoms. The fourth-order valence-corrected chi connectivity index (χ4v) is 2.30. The Morgan fingerprint density at radius 2 is 2.17 bits per heavy atom. The van der Waals surface area contributed by atoms with Gasteiger partial charge in [-0.15, -0.1) is 0 Å². The molecule has 0 aromatic carbocycles. The molecule has 0 unspecified atom stereocenters. The molecule has 0 radical (unpaired) electrons. The lowest BCUT2D eigenvalue weighted by atomic mass is 10.0. The number of aliphatic hydroxyl groups excluding tert-OH is 1. The van der Waals surface area contributed by atoms with Gasteiger partial charge in [-0.1, -0.05) is 6.92 Å². The summed E-state index contributed by atoms with van der Waals surface area (Å²) in [6, 6.07) is 0. The first kappa shape index (κ1) is 13.3. The van der Waals surface area contributed by atoms with Gasteiger partial charge in [-0.3, -0.25) is 4.98 Å². The SMILES string of the molecule is CCC1(CNCc2c(CO)cnc(C)c2O)CC1. The van der Waals surface area contributed by atoms with Crippen LogP contribution in [0.4, 0.5) is 0 Å². The van der Waals surface area contributed by atoms with Crippen LogP contribution in [0.3, 0.4) is 0 Å². The van der Waals surface area contributed by atoms with Gasteiger partial charge in [0, 0.05) is 30.4 Å². The predicted octanol–water partition coefficient (Wildman–Crippen LogP) is 1.87. The Morgan fingerprint density at radius 3 is 2.72 bits per heavy atom. The Morgan fingerprint density at radius 1 is 1.44 bits per heavy atom. The summed E-state index contributed by atoms with van der Waals surface area (Å²) in [6.45, 7) is 5.48. The molecule has 0 amide bonds. The molecule has 1 fully saturated rings. The highest BCUT2D eigenvalue weighted by Crippen LogP contribution is 2.47. The Labute approximate surface area is 108 Å². The van der Waals surface area contributed by atoms with E-state index in [1.165, 1.54) is 19.3 Å². The lowest BCUT2D eigenvalue weighted by Gasteiger charge is -2.16. The highest BCUT2D eigenvalue weighted by molar-refractivity contribution is 5.40. The van der Waals surface area contributed by atoms with Crippen LogP contribution in [0.2, 0.25) is 0 Å². The van der Waals surface area contributed by atoms with Gasteiger partial charge < -0.3 is 15.5 Å². The van der Waals surface area contributed by atoms with Crippen molar-refractivity contribution in [2.75, 3.05) is 6.54 Å². The topological polar surface area (TPSA) is 65.4 Å². The van der Waals surface area contributed by atoms with Crippen molar-refractivity contribution in [3.8, 4) is 5.75 Å². The Kier molecular flexibility index (Phi) is 3.88. The molecule has 1 saturated carbocycles.